The number of rotatable bonds is 6. The zero-order valence-electron chi connectivity index (χ0n) is 11.6. The van der Waals surface area contributed by atoms with E-state index in [0.717, 1.165) is 17.0 Å². The van der Waals surface area contributed by atoms with Crippen molar-refractivity contribution in [3.8, 4) is 10.6 Å². The van der Waals surface area contributed by atoms with E-state index in [0.29, 0.717) is 18.0 Å². The van der Waals surface area contributed by atoms with Gasteiger partial charge in [-0.2, -0.15) is 5.10 Å². The van der Waals surface area contributed by atoms with Gasteiger partial charge in [-0.1, -0.05) is 6.92 Å². The number of hydrogen-bond donors (Lipinski definition) is 1. The highest BCUT2D eigenvalue weighted by Crippen LogP contribution is 2.25. The molecule has 2 aromatic rings. The lowest BCUT2D eigenvalue weighted by molar-refractivity contribution is 0.0726. The van der Waals surface area contributed by atoms with Gasteiger partial charge in [-0.3, -0.25) is 9.48 Å². The number of amides is 1. The predicted molar refractivity (Wildman–Crippen MR) is 77.6 cm³/mol. The average Bonchev–Trinajstić information content (AvgIpc) is 3.06. The molecule has 0 aliphatic heterocycles. The Hall–Kier alpha value is -1.73. The number of aryl methyl sites for hydroxylation is 1. The molecule has 0 aliphatic carbocycles. The van der Waals surface area contributed by atoms with Crippen molar-refractivity contribution >= 4 is 17.2 Å². The quantitative estimate of drug-likeness (QED) is 0.874. The molecule has 0 saturated heterocycles. The van der Waals surface area contributed by atoms with E-state index in [-0.39, 0.29) is 12.5 Å². The minimum Gasteiger partial charge on any atom is -0.395 e. The van der Waals surface area contributed by atoms with Crippen LogP contribution in [0.25, 0.3) is 10.6 Å². The summed E-state index contributed by atoms with van der Waals surface area (Å²) in [6.07, 6.45) is 6.05. The van der Waals surface area contributed by atoms with Crippen LogP contribution in [0.1, 0.15) is 23.0 Å². The fraction of sp³-hybridized carbons (Fsp3) is 0.462. The van der Waals surface area contributed by atoms with Crippen LogP contribution >= 0.6 is 11.3 Å². The lowest BCUT2D eigenvalue weighted by Gasteiger charge is -2.19. The largest absolute Gasteiger partial charge is 0.395 e. The molecule has 2 rings (SSSR count). The number of carbonyl (C=O) groups excluding carboxylic acids is 1. The van der Waals surface area contributed by atoms with Crippen LogP contribution in [0.5, 0.6) is 0 Å². The fourth-order valence-corrected chi connectivity index (χ4v) is 2.76. The molecule has 0 atom stereocenters. The van der Waals surface area contributed by atoms with Crippen LogP contribution in [0.3, 0.4) is 0 Å². The Balaban J connectivity index is 2.16. The van der Waals surface area contributed by atoms with Crippen molar-refractivity contribution in [1.29, 1.82) is 0 Å². The molecular formula is C13H18N4O2S. The van der Waals surface area contributed by atoms with Crippen molar-refractivity contribution in [1.82, 2.24) is 19.7 Å². The van der Waals surface area contributed by atoms with Crippen LogP contribution in [0, 0.1) is 0 Å². The van der Waals surface area contributed by atoms with Crippen molar-refractivity contribution in [2.45, 2.75) is 13.3 Å². The maximum Gasteiger partial charge on any atom is 0.265 e. The Bertz CT molecular complexity index is 572. The molecule has 1 N–H and O–H groups in total. The molecule has 0 saturated carbocycles. The second-order valence-corrected chi connectivity index (χ2v) is 5.48. The maximum absolute atomic E-state index is 12.3. The molecule has 2 heterocycles. The van der Waals surface area contributed by atoms with Crippen molar-refractivity contribution < 1.29 is 9.90 Å². The van der Waals surface area contributed by atoms with Crippen LogP contribution in [-0.2, 0) is 7.05 Å². The first-order valence-electron chi connectivity index (χ1n) is 6.50. The summed E-state index contributed by atoms with van der Waals surface area (Å²) in [5.41, 5.74) is 0.903. The summed E-state index contributed by atoms with van der Waals surface area (Å²) in [5.74, 6) is -0.0754. The van der Waals surface area contributed by atoms with Gasteiger partial charge in [0.25, 0.3) is 5.91 Å². The van der Waals surface area contributed by atoms with Crippen LogP contribution in [0.4, 0.5) is 0 Å². The van der Waals surface area contributed by atoms with Gasteiger partial charge in [0.15, 0.2) is 0 Å². The van der Waals surface area contributed by atoms with Gasteiger partial charge in [-0.05, 0) is 6.42 Å². The molecule has 0 unspecified atom stereocenters. The first-order valence-corrected chi connectivity index (χ1v) is 7.32. The molecule has 20 heavy (non-hydrogen) atoms. The van der Waals surface area contributed by atoms with Crippen LogP contribution < -0.4 is 0 Å². The number of thiazole rings is 1. The normalized spacial score (nSPS) is 10.8. The lowest BCUT2D eigenvalue weighted by atomic mass is 10.3. The Morgan fingerprint density at radius 3 is 2.85 bits per heavy atom. The van der Waals surface area contributed by atoms with Gasteiger partial charge in [0.2, 0.25) is 0 Å². The molecule has 1 amide bonds. The monoisotopic (exact) mass is 294 g/mol. The summed E-state index contributed by atoms with van der Waals surface area (Å²) >= 11 is 1.35. The molecule has 0 aliphatic rings. The van der Waals surface area contributed by atoms with Gasteiger partial charge in [-0.25, -0.2) is 4.98 Å². The molecule has 2 aromatic heterocycles. The standard InChI is InChI=1S/C13H18N4O2S/c1-3-4-17(5-6-18)13(19)11-8-14-12(20-11)10-7-15-16(2)9-10/h7-9,18H,3-6H2,1-2H3. The highest BCUT2D eigenvalue weighted by atomic mass is 32.1. The second kappa shape index (κ2) is 6.62. The number of nitrogens with zero attached hydrogens (tertiary/aromatic N) is 4. The van der Waals surface area contributed by atoms with Gasteiger partial charge < -0.3 is 10.0 Å². The van der Waals surface area contributed by atoms with Gasteiger partial charge in [0, 0.05) is 31.9 Å². The van der Waals surface area contributed by atoms with E-state index < -0.39 is 0 Å². The van der Waals surface area contributed by atoms with Gasteiger partial charge in [0.05, 0.1) is 19.0 Å². The van der Waals surface area contributed by atoms with Crippen molar-refractivity contribution in [3.05, 3.63) is 23.5 Å². The van der Waals surface area contributed by atoms with Gasteiger partial charge in [-0.15, -0.1) is 11.3 Å². The summed E-state index contributed by atoms with van der Waals surface area (Å²) in [7, 11) is 1.84. The highest BCUT2D eigenvalue weighted by Gasteiger charge is 2.18. The van der Waals surface area contributed by atoms with E-state index in [1.165, 1.54) is 11.3 Å². The van der Waals surface area contributed by atoms with Gasteiger partial charge >= 0.3 is 0 Å². The fourth-order valence-electron chi connectivity index (χ4n) is 1.90. The van der Waals surface area contributed by atoms with Crippen LogP contribution in [-0.4, -0.2) is 50.4 Å². The highest BCUT2D eigenvalue weighted by molar-refractivity contribution is 7.16. The third-order valence-corrected chi connectivity index (χ3v) is 3.85. The third kappa shape index (κ3) is 3.23. The van der Waals surface area contributed by atoms with E-state index >= 15 is 0 Å². The summed E-state index contributed by atoms with van der Waals surface area (Å²) in [5, 5.41) is 13.9. The smallest absolute Gasteiger partial charge is 0.265 e. The number of carbonyl (C=O) groups is 1. The molecule has 6 nitrogen and oxygen atoms in total. The van der Waals surface area contributed by atoms with E-state index in [1.807, 2.05) is 20.2 Å². The predicted octanol–water partition coefficient (Wildman–Crippen LogP) is 1.39. The van der Waals surface area contributed by atoms with Gasteiger partial charge in [0.1, 0.15) is 9.88 Å². The number of hydrogen-bond acceptors (Lipinski definition) is 5. The number of aliphatic hydroxyl groups excluding tert-OH is 1. The zero-order chi connectivity index (χ0) is 14.5. The van der Waals surface area contributed by atoms with E-state index in [4.69, 9.17) is 5.11 Å². The van der Waals surface area contributed by atoms with Crippen molar-refractivity contribution in [2.24, 2.45) is 7.05 Å². The lowest BCUT2D eigenvalue weighted by Crippen LogP contribution is -2.33. The summed E-state index contributed by atoms with van der Waals surface area (Å²) in [6.45, 7) is 2.97. The summed E-state index contributed by atoms with van der Waals surface area (Å²) in [6, 6.07) is 0. The molecule has 0 spiro atoms. The van der Waals surface area contributed by atoms with E-state index in [2.05, 4.69) is 10.1 Å². The second-order valence-electron chi connectivity index (χ2n) is 4.45. The number of aliphatic hydroxyl groups is 1. The zero-order valence-corrected chi connectivity index (χ0v) is 12.4. The Morgan fingerprint density at radius 2 is 2.25 bits per heavy atom. The molecule has 108 valence electrons. The first-order chi connectivity index (χ1) is 9.65. The third-order valence-electron chi connectivity index (χ3n) is 2.82. The Labute approximate surface area is 121 Å². The summed E-state index contributed by atoms with van der Waals surface area (Å²) < 4.78 is 1.70. The Morgan fingerprint density at radius 1 is 1.45 bits per heavy atom. The molecule has 0 radical (unpaired) electrons. The first kappa shape index (κ1) is 14.7. The minimum atomic E-state index is -0.0754. The average molecular weight is 294 g/mol. The topological polar surface area (TPSA) is 71.2 Å². The minimum absolute atomic E-state index is 0.0278. The van der Waals surface area contributed by atoms with Crippen LogP contribution in [0.2, 0.25) is 0 Å². The Kier molecular flexibility index (Phi) is 4.86. The molecule has 0 bridgehead atoms. The van der Waals surface area contributed by atoms with E-state index in [1.54, 1.807) is 22.0 Å². The van der Waals surface area contributed by atoms with E-state index in [9.17, 15) is 4.79 Å². The molecular weight excluding hydrogens is 276 g/mol. The molecule has 7 heteroatoms. The van der Waals surface area contributed by atoms with Crippen molar-refractivity contribution in [2.75, 3.05) is 19.7 Å². The SMILES string of the molecule is CCCN(CCO)C(=O)c1cnc(-c2cnn(C)c2)s1. The van der Waals surface area contributed by atoms with Crippen molar-refractivity contribution in [3.63, 3.8) is 0 Å². The molecule has 0 aromatic carbocycles. The molecule has 0 fully saturated rings. The summed E-state index contributed by atoms with van der Waals surface area (Å²) in [4.78, 5) is 18.9. The maximum atomic E-state index is 12.3. The van der Waals surface area contributed by atoms with Crippen LogP contribution in [0.15, 0.2) is 18.6 Å². The number of aromatic nitrogens is 3.